The van der Waals surface area contributed by atoms with Crippen LogP contribution in [-0.4, -0.2) is 41.0 Å². The molecule has 4 rings (SSSR count). The van der Waals surface area contributed by atoms with E-state index < -0.39 is 0 Å². The minimum atomic E-state index is 0.800. The van der Waals surface area contributed by atoms with Crippen molar-refractivity contribution in [1.29, 1.82) is 0 Å². The van der Waals surface area contributed by atoms with E-state index in [2.05, 4.69) is 82.5 Å². The fourth-order valence-electron chi connectivity index (χ4n) is 3.61. The molecule has 0 amide bonds. The van der Waals surface area contributed by atoms with Crippen LogP contribution >= 0.6 is 0 Å². The molecular formula is C23H27N5. The Hall–Kier alpha value is -2.92. The molecule has 0 bridgehead atoms. The monoisotopic (exact) mass is 373 g/mol. The van der Waals surface area contributed by atoms with Gasteiger partial charge >= 0.3 is 0 Å². The maximum atomic E-state index is 4.75. The molecule has 1 saturated heterocycles. The molecule has 1 aliphatic heterocycles. The number of nitrogens with one attached hydrogen (secondary N) is 1. The number of aromatic nitrogens is 2. The third kappa shape index (κ3) is 4.49. The zero-order chi connectivity index (χ0) is 19.3. The van der Waals surface area contributed by atoms with E-state index >= 15 is 0 Å². The lowest BCUT2D eigenvalue weighted by Gasteiger charge is -2.34. The van der Waals surface area contributed by atoms with Crippen LogP contribution in [0.2, 0.25) is 0 Å². The summed E-state index contributed by atoms with van der Waals surface area (Å²) in [6.07, 6.45) is 1.84. The number of piperazine rings is 1. The van der Waals surface area contributed by atoms with Crippen molar-refractivity contribution in [2.45, 2.75) is 20.4 Å². The van der Waals surface area contributed by atoms with Crippen molar-refractivity contribution in [1.82, 2.24) is 14.9 Å². The normalized spacial score (nSPS) is 14.9. The summed E-state index contributed by atoms with van der Waals surface area (Å²) in [5.74, 6) is 1.64. The second kappa shape index (κ2) is 8.40. The summed E-state index contributed by atoms with van der Waals surface area (Å²) in [4.78, 5) is 14.0. The van der Waals surface area contributed by atoms with Gasteiger partial charge in [0, 0.05) is 44.6 Å². The Kier molecular flexibility index (Phi) is 5.53. The zero-order valence-electron chi connectivity index (χ0n) is 16.6. The molecule has 2 heterocycles. The van der Waals surface area contributed by atoms with E-state index in [0.717, 1.165) is 50.2 Å². The van der Waals surface area contributed by atoms with Gasteiger partial charge in [-0.15, -0.1) is 0 Å². The predicted octanol–water partition coefficient (Wildman–Crippen LogP) is 4.16. The molecule has 0 unspecified atom stereocenters. The number of hydrogen-bond acceptors (Lipinski definition) is 5. The second-order valence-electron chi connectivity index (χ2n) is 7.43. The van der Waals surface area contributed by atoms with Gasteiger partial charge in [0.05, 0.1) is 0 Å². The maximum absolute atomic E-state index is 4.75. The van der Waals surface area contributed by atoms with Crippen molar-refractivity contribution in [3.63, 3.8) is 0 Å². The van der Waals surface area contributed by atoms with E-state index in [0.29, 0.717) is 0 Å². The van der Waals surface area contributed by atoms with Crippen molar-refractivity contribution >= 4 is 17.5 Å². The molecule has 0 radical (unpaired) electrons. The number of nitrogens with zero attached hydrogens (tertiary/aromatic N) is 4. The highest BCUT2D eigenvalue weighted by Crippen LogP contribution is 2.22. The molecule has 0 aliphatic carbocycles. The minimum Gasteiger partial charge on any atom is -0.340 e. The van der Waals surface area contributed by atoms with Gasteiger partial charge in [0.15, 0.2) is 0 Å². The molecular weight excluding hydrogens is 346 g/mol. The van der Waals surface area contributed by atoms with Crippen LogP contribution in [0.25, 0.3) is 0 Å². The van der Waals surface area contributed by atoms with Crippen LogP contribution in [0.3, 0.4) is 0 Å². The standard InChI is InChI=1S/C23H27N5/c1-18-8-9-21(19(2)16-18)25-22-10-11-24-23(26-22)28-14-12-27(13-15-28)17-20-6-4-3-5-7-20/h3-11,16H,12-15,17H2,1-2H3,(H,24,25,26). The average molecular weight is 374 g/mol. The van der Waals surface area contributed by atoms with E-state index in [1.165, 1.54) is 16.7 Å². The first-order valence-corrected chi connectivity index (χ1v) is 9.86. The van der Waals surface area contributed by atoms with Crippen LogP contribution in [0.15, 0.2) is 60.8 Å². The van der Waals surface area contributed by atoms with Crippen molar-refractivity contribution in [3.8, 4) is 0 Å². The first-order chi connectivity index (χ1) is 13.7. The summed E-state index contributed by atoms with van der Waals surface area (Å²) in [5.41, 5.74) is 4.93. The van der Waals surface area contributed by atoms with Gasteiger partial charge in [-0.1, -0.05) is 48.0 Å². The minimum absolute atomic E-state index is 0.800. The van der Waals surface area contributed by atoms with Gasteiger partial charge in [-0.3, -0.25) is 4.90 Å². The van der Waals surface area contributed by atoms with Crippen molar-refractivity contribution in [3.05, 3.63) is 77.5 Å². The lowest BCUT2D eigenvalue weighted by Crippen LogP contribution is -2.46. The smallest absolute Gasteiger partial charge is 0.227 e. The molecule has 5 nitrogen and oxygen atoms in total. The van der Waals surface area contributed by atoms with Gasteiger partial charge in [0.1, 0.15) is 5.82 Å². The predicted molar refractivity (Wildman–Crippen MR) is 115 cm³/mol. The average Bonchev–Trinajstić information content (AvgIpc) is 2.72. The maximum Gasteiger partial charge on any atom is 0.227 e. The Balaban J connectivity index is 1.38. The Morgan fingerprint density at radius 3 is 2.46 bits per heavy atom. The lowest BCUT2D eigenvalue weighted by atomic mass is 10.1. The second-order valence-corrected chi connectivity index (χ2v) is 7.43. The van der Waals surface area contributed by atoms with Crippen LogP contribution in [0.4, 0.5) is 17.5 Å². The number of hydrogen-bond donors (Lipinski definition) is 1. The number of anilines is 3. The molecule has 1 N–H and O–H groups in total. The van der Waals surface area contributed by atoms with E-state index in [1.807, 2.05) is 12.3 Å². The van der Waals surface area contributed by atoms with Crippen LogP contribution in [0.1, 0.15) is 16.7 Å². The van der Waals surface area contributed by atoms with Crippen molar-refractivity contribution < 1.29 is 0 Å². The molecule has 3 aromatic rings. The topological polar surface area (TPSA) is 44.3 Å². The lowest BCUT2D eigenvalue weighted by molar-refractivity contribution is 0.248. The summed E-state index contributed by atoms with van der Waals surface area (Å²) >= 11 is 0. The molecule has 0 spiro atoms. The van der Waals surface area contributed by atoms with E-state index in [4.69, 9.17) is 4.98 Å². The SMILES string of the molecule is Cc1ccc(Nc2ccnc(N3CCN(Cc4ccccc4)CC3)n2)c(C)c1. The van der Waals surface area contributed by atoms with E-state index in [-0.39, 0.29) is 0 Å². The molecule has 28 heavy (non-hydrogen) atoms. The fourth-order valence-corrected chi connectivity index (χ4v) is 3.61. The van der Waals surface area contributed by atoms with Gasteiger partial charge in [-0.05, 0) is 37.1 Å². The van der Waals surface area contributed by atoms with Gasteiger partial charge in [0.25, 0.3) is 0 Å². The van der Waals surface area contributed by atoms with Gasteiger partial charge in [-0.25, -0.2) is 4.98 Å². The molecule has 1 aromatic heterocycles. The Morgan fingerprint density at radius 2 is 1.71 bits per heavy atom. The fraction of sp³-hybridized carbons (Fsp3) is 0.304. The van der Waals surface area contributed by atoms with Crippen LogP contribution in [0, 0.1) is 13.8 Å². The van der Waals surface area contributed by atoms with Crippen LogP contribution < -0.4 is 10.2 Å². The summed E-state index contributed by atoms with van der Waals surface area (Å²) in [5, 5.41) is 3.43. The first kappa shape index (κ1) is 18.4. The molecule has 2 aromatic carbocycles. The summed E-state index contributed by atoms with van der Waals surface area (Å²) in [6.45, 7) is 9.16. The van der Waals surface area contributed by atoms with Gasteiger partial charge < -0.3 is 10.2 Å². The van der Waals surface area contributed by atoms with Crippen molar-refractivity contribution in [2.75, 3.05) is 36.4 Å². The Morgan fingerprint density at radius 1 is 0.929 bits per heavy atom. The van der Waals surface area contributed by atoms with Gasteiger partial charge in [-0.2, -0.15) is 4.98 Å². The van der Waals surface area contributed by atoms with Crippen LogP contribution in [0.5, 0.6) is 0 Å². The largest absolute Gasteiger partial charge is 0.340 e. The summed E-state index contributed by atoms with van der Waals surface area (Å²) < 4.78 is 0. The molecule has 144 valence electrons. The van der Waals surface area contributed by atoms with E-state index in [9.17, 15) is 0 Å². The molecule has 5 heteroatoms. The first-order valence-electron chi connectivity index (χ1n) is 9.86. The quantitative estimate of drug-likeness (QED) is 0.727. The highest BCUT2D eigenvalue weighted by Gasteiger charge is 2.19. The van der Waals surface area contributed by atoms with Crippen molar-refractivity contribution in [2.24, 2.45) is 0 Å². The van der Waals surface area contributed by atoms with Gasteiger partial charge in [0.2, 0.25) is 5.95 Å². The molecule has 0 saturated carbocycles. The molecule has 0 atom stereocenters. The number of benzene rings is 2. The highest BCUT2D eigenvalue weighted by atomic mass is 15.3. The number of rotatable bonds is 5. The third-order valence-corrected chi connectivity index (χ3v) is 5.19. The third-order valence-electron chi connectivity index (χ3n) is 5.19. The van der Waals surface area contributed by atoms with Crippen LogP contribution in [-0.2, 0) is 6.54 Å². The summed E-state index contributed by atoms with van der Waals surface area (Å²) in [6, 6.07) is 19.0. The zero-order valence-corrected chi connectivity index (χ0v) is 16.6. The molecule has 1 aliphatic rings. The number of aryl methyl sites for hydroxylation is 2. The Bertz CT molecular complexity index is 917. The Labute approximate surface area is 167 Å². The highest BCUT2D eigenvalue weighted by molar-refractivity contribution is 5.61. The van der Waals surface area contributed by atoms with E-state index in [1.54, 1.807) is 0 Å². The summed E-state index contributed by atoms with van der Waals surface area (Å²) in [7, 11) is 0. The molecule has 1 fully saturated rings.